The van der Waals surface area contributed by atoms with E-state index in [2.05, 4.69) is 10.6 Å². The zero-order valence-corrected chi connectivity index (χ0v) is 23.7. The van der Waals surface area contributed by atoms with Gasteiger partial charge in [0.1, 0.15) is 5.82 Å². The van der Waals surface area contributed by atoms with E-state index in [4.69, 9.17) is 0 Å². The Morgan fingerprint density at radius 3 is 2.46 bits per heavy atom. The van der Waals surface area contributed by atoms with Crippen molar-refractivity contribution in [2.45, 2.75) is 46.2 Å². The predicted octanol–water partition coefficient (Wildman–Crippen LogP) is 2.60. The van der Waals surface area contributed by atoms with Crippen LogP contribution in [0.5, 0.6) is 0 Å². The molecule has 222 valence electrons. The lowest BCUT2D eigenvalue weighted by Crippen LogP contribution is -2.47. The molecule has 0 radical (unpaired) electrons. The summed E-state index contributed by atoms with van der Waals surface area (Å²) in [5, 5.41) is 9.46. The molecule has 0 aromatic heterocycles. The first-order valence-electron chi connectivity index (χ1n) is 13.8. The molecule has 2 aromatic carbocycles. The molecule has 41 heavy (non-hydrogen) atoms. The number of nitrogens with zero attached hydrogens (tertiary/aromatic N) is 4. The van der Waals surface area contributed by atoms with Gasteiger partial charge in [-0.1, -0.05) is 13.0 Å². The molecule has 4 rings (SSSR count). The maximum Gasteiger partial charge on any atom is 0.256 e. The summed E-state index contributed by atoms with van der Waals surface area (Å²) in [5.74, 6) is -1.14. The number of hydrazine groups is 1. The van der Waals surface area contributed by atoms with E-state index < -0.39 is 13.0 Å². The summed E-state index contributed by atoms with van der Waals surface area (Å²) in [6, 6.07) is 8.11. The average molecular weight is 575 g/mol. The van der Waals surface area contributed by atoms with Crippen molar-refractivity contribution in [2.75, 3.05) is 56.1 Å². The number of fused-ring (bicyclic) bond motifs is 2. The molecule has 0 bridgehead atoms. The van der Waals surface area contributed by atoms with Crippen molar-refractivity contribution in [1.82, 2.24) is 20.7 Å². The molecule has 0 aliphatic carbocycles. The van der Waals surface area contributed by atoms with Crippen LogP contribution in [-0.4, -0.2) is 80.5 Å². The summed E-state index contributed by atoms with van der Waals surface area (Å²) < 4.78 is 39.9. The number of anilines is 2. The van der Waals surface area contributed by atoms with Gasteiger partial charge in [0.2, 0.25) is 11.8 Å². The molecule has 0 saturated heterocycles. The van der Waals surface area contributed by atoms with Gasteiger partial charge in [0.05, 0.1) is 19.6 Å². The largest absolute Gasteiger partial charge is 0.315 e. The highest BCUT2D eigenvalue weighted by molar-refractivity contribution is 5.99. The van der Waals surface area contributed by atoms with Gasteiger partial charge in [0, 0.05) is 51.0 Å². The Bertz CT molecular complexity index is 1290. The summed E-state index contributed by atoms with van der Waals surface area (Å²) in [4.78, 5) is 41.4. The number of carbonyl (C=O) groups is 3. The molecule has 2 aromatic rings. The number of aryl methyl sites for hydroxylation is 2. The topological polar surface area (TPSA) is 88.2 Å². The molecule has 2 N–H and O–H groups in total. The molecule has 0 spiro atoms. The lowest BCUT2D eigenvalue weighted by Gasteiger charge is -2.32. The number of nitrogens with one attached hydrogen (secondary N) is 2. The Balaban J connectivity index is 1.41. The van der Waals surface area contributed by atoms with E-state index in [9.17, 15) is 27.6 Å². The van der Waals surface area contributed by atoms with Crippen molar-refractivity contribution in [1.29, 1.82) is 0 Å². The summed E-state index contributed by atoms with van der Waals surface area (Å²) in [5.41, 5.74) is 4.33. The minimum Gasteiger partial charge on any atom is -0.315 e. The Morgan fingerprint density at radius 1 is 1.00 bits per heavy atom. The van der Waals surface area contributed by atoms with Gasteiger partial charge < -0.3 is 15.1 Å². The summed E-state index contributed by atoms with van der Waals surface area (Å²) in [7, 11) is 1.65. The van der Waals surface area contributed by atoms with Crippen LogP contribution in [-0.2, 0) is 33.9 Å². The van der Waals surface area contributed by atoms with Gasteiger partial charge in [-0.25, -0.2) is 18.2 Å². The maximum absolute atomic E-state index is 13.6. The van der Waals surface area contributed by atoms with Crippen LogP contribution in [0.25, 0.3) is 0 Å². The Morgan fingerprint density at radius 2 is 1.73 bits per heavy atom. The van der Waals surface area contributed by atoms with Gasteiger partial charge in [-0.3, -0.25) is 24.7 Å². The van der Waals surface area contributed by atoms with Gasteiger partial charge in [0.15, 0.2) is 0 Å². The number of alkyl halides is 2. The molecule has 3 amide bonds. The lowest BCUT2D eigenvalue weighted by molar-refractivity contribution is -0.145. The van der Waals surface area contributed by atoms with Gasteiger partial charge >= 0.3 is 0 Å². The number of carbonyl (C=O) groups excluding carboxylic acids is 3. The Hall–Kier alpha value is -3.48. The van der Waals surface area contributed by atoms with E-state index >= 15 is 0 Å². The molecule has 2 heterocycles. The highest BCUT2D eigenvalue weighted by Crippen LogP contribution is 2.35. The highest BCUT2D eigenvalue weighted by atomic mass is 19.3. The SMILES string of the molecule is CCNCCN(C(=O)CNCC(=O)N(C)N1Cc2ccc(F)cc2C1)c1cc2c(cc1C)N(CC(F)F)C(=O)CC2. The third kappa shape index (κ3) is 7.24. The van der Waals surface area contributed by atoms with Crippen LogP contribution in [0.2, 0.25) is 0 Å². The molecule has 2 aliphatic heterocycles. The van der Waals surface area contributed by atoms with E-state index in [-0.39, 0.29) is 43.0 Å². The number of amides is 3. The van der Waals surface area contributed by atoms with E-state index in [1.165, 1.54) is 17.1 Å². The van der Waals surface area contributed by atoms with Crippen LogP contribution in [0.3, 0.4) is 0 Å². The second kappa shape index (κ2) is 13.5. The molecule has 12 heteroatoms. The number of benzene rings is 2. The van der Waals surface area contributed by atoms with E-state index in [1.807, 2.05) is 18.0 Å². The normalized spacial score (nSPS) is 14.8. The third-order valence-corrected chi connectivity index (χ3v) is 7.48. The first-order valence-corrected chi connectivity index (χ1v) is 13.8. The Labute approximate surface area is 238 Å². The molecule has 0 unspecified atom stereocenters. The molecule has 0 atom stereocenters. The van der Waals surface area contributed by atoms with Crippen LogP contribution < -0.4 is 20.4 Å². The van der Waals surface area contributed by atoms with Gasteiger partial charge in [-0.2, -0.15) is 0 Å². The highest BCUT2D eigenvalue weighted by Gasteiger charge is 2.29. The van der Waals surface area contributed by atoms with Crippen molar-refractivity contribution in [2.24, 2.45) is 0 Å². The van der Waals surface area contributed by atoms with E-state index in [0.717, 1.165) is 28.1 Å². The average Bonchev–Trinajstić information content (AvgIpc) is 3.35. The van der Waals surface area contributed by atoms with Crippen LogP contribution in [0.15, 0.2) is 30.3 Å². The maximum atomic E-state index is 13.6. The standard InChI is InChI=1S/C29H37F3N6O3/c1-4-33-9-10-37(24-13-20-6-8-27(39)38(18-26(31)32)25(20)11-19(24)2)29(41)15-34-14-28(40)35(3)36-16-21-5-7-23(30)12-22(21)17-36/h5,7,11-13,26,33-34H,4,6,8-10,14-18H2,1-3H3. The molecule has 2 aliphatic rings. The molecule has 0 saturated carbocycles. The van der Waals surface area contributed by atoms with E-state index in [0.29, 0.717) is 49.5 Å². The monoisotopic (exact) mass is 574 g/mol. The molecule has 0 fully saturated rings. The molecular formula is C29H37F3N6O3. The number of hydrogen-bond donors (Lipinski definition) is 2. The third-order valence-electron chi connectivity index (χ3n) is 7.48. The fourth-order valence-corrected chi connectivity index (χ4v) is 5.26. The van der Waals surface area contributed by atoms with Crippen LogP contribution in [0.4, 0.5) is 24.5 Å². The number of hydrogen-bond acceptors (Lipinski definition) is 6. The summed E-state index contributed by atoms with van der Waals surface area (Å²) >= 11 is 0. The van der Waals surface area contributed by atoms with Crippen molar-refractivity contribution in [3.8, 4) is 0 Å². The number of rotatable bonds is 12. The second-order valence-electron chi connectivity index (χ2n) is 10.3. The molecular weight excluding hydrogens is 537 g/mol. The number of halogens is 3. The van der Waals surface area contributed by atoms with E-state index in [1.54, 1.807) is 31.0 Å². The molecule has 9 nitrogen and oxygen atoms in total. The minimum atomic E-state index is -2.65. The van der Waals surface area contributed by atoms with Crippen molar-refractivity contribution < 1.29 is 27.6 Å². The smallest absolute Gasteiger partial charge is 0.256 e. The van der Waals surface area contributed by atoms with Crippen molar-refractivity contribution in [3.63, 3.8) is 0 Å². The lowest BCUT2D eigenvalue weighted by atomic mass is 9.97. The van der Waals surface area contributed by atoms with Crippen molar-refractivity contribution >= 4 is 29.1 Å². The zero-order valence-electron chi connectivity index (χ0n) is 23.7. The Kier molecular flexibility index (Phi) is 10.0. The second-order valence-corrected chi connectivity index (χ2v) is 10.3. The van der Waals surface area contributed by atoms with Gasteiger partial charge in [-0.05, 0) is 66.4 Å². The summed E-state index contributed by atoms with van der Waals surface area (Å²) in [6.07, 6.45) is -2.12. The fraction of sp³-hybridized carbons (Fsp3) is 0.483. The van der Waals surface area contributed by atoms with Crippen LogP contribution in [0.1, 0.15) is 35.6 Å². The predicted molar refractivity (Wildman–Crippen MR) is 150 cm³/mol. The van der Waals surface area contributed by atoms with Gasteiger partial charge in [-0.15, -0.1) is 0 Å². The minimum absolute atomic E-state index is 0.0711. The zero-order chi connectivity index (χ0) is 29.7. The quantitative estimate of drug-likeness (QED) is 0.379. The fourth-order valence-electron chi connectivity index (χ4n) is 5.26. The number of likely N-dealkylation sites (N-methyl/N-ethyl adjacent to an activating group) is 2. The first-order chi connectivity index (χ1) is 19.6. The van der Waals surface area contributed by atoms with Crippen LogP contribution in [0, 0.1) is 12.7 Å². The summed E-state index contributed by atoms with van der Waals surface area (Å²) in [6.45, 7) is 5.46. The van der Waals surface area contributed by atoms with Gasteiger partial charge in [0.25, 0.3) is 12.3 Å². The van der Waals surface area contributed by atoms with Crippen LogP contribution >= 0.6 is 0 Å². The van der Waals surface area contributed by atoms with Crippen molar-refractivity contribution in [3.05, 3.63) is 58.4 Å². The first kappa shape index (κ1) is 30.5.